The van der Waals surface area contributed by atoms with Gasteiger partial charge in [-0.15, -0.1) is 0 Å². The van der Waals surface area contributed by atoms with Gasteiger partial charge in [-0.25, -0.2) is 0 Å². The van der Waals surface area contributed by atoms with E-state index < -0.39 is 0 Å². The van der Waals surface area contributed by atoms with E-state index in [-0.39, 0.29) is 17.9 Å². The average Bonchev–Trinajstić information content (AvgIpc) is 2.96. The molecule has 5 heteroatoms. The summed E-state index contributed by atoms with van der Waals surface area (Å²) in [6.07, 6.45) is 5.54. The molecule has 0 spiro atoms. The van der Waals surface area contributed by atoms with Crippen molar-refractivity contribution in [2.24, 2.45) is 5.92 Å². The predicted octanol–water partition coefficient (Wildman–Crippen LogP) is 1.03. The molecule has 0 bridgehead atoms. The SMILES string of the molecule is O=C1C2CCCCN2C(=O)CCN1CCC1CCOC1. The smallest absolute Gasteiger partial charge is 0.245 e. The lowest BCUT2D eigenvalue weighted by Crippen LogP contribution is -2.50. The van der Waals surface area contributed by atoms with Crippen LogP contribution in [-0.4, -0.2) is 60.5 Å². The molecule has 3 fully saturated rings. The maximum Gasteiger partial charge on any atom is 0.245 e. The number of ether oxygens (including phenoxy) is 1. The van der Waals surface area contributed by atoms with Crippen LogP contribution in [0.1, 0.15) is 38.5 Å². The molecule has 3 aliphatic rings. The van der Waals surface area contributed by atoms with Crippen molar-refractivity contribution < 1.29 is 14.3 Å². The Balaban J connectivity index is 1.62. The van der Waals surface area contributed by atoms with Gasteiger partial charge in [-0.3, -0.25) is 9.59 Å². The summed E-state index contributed by atoms with van der Waals surface area (Å²) in [7, 11) is 0. The van der Waals surface area contributed by atoms with Crippen molar-refractivity contribution in [3.63, 3.8) is 0 Å². The van der Waals surface area contributed by atoms with Crippen LogP contribution in [0.25, 0.3) is 0 Å². The third kappa shape index (κ3) is 2.82. The van der Waals surface area contributed by atoms with Crippen molar-refractivity contribution >= 4 is 11.8 Å². The zero-order valence-corrected chi connectivity index (χ0v) is 12.1. The molecule has 0 N–H and O–H groups in total. The summed E-state index contributed by atoms with van der Waals surface area (Å²) < 4.78 is 5.39. The highest BCUT2D eigenvalue weighted by Crippen LogP contribution is 2.24. The first-order valence-electron chi connectivity index (χ1n) is 7.91. The van der Waals surface area contributed by atoms with Crippen LogP contribution in [0.5, 0.6) is 0 Å². The second kappa shape index (κ2) is 6.12. The molecule has 20 heavy (non-hydrogen) atoms. The van der Waals surface area contributed by atoms with E-state index in [1.165, 1.54) is 0 Å². The Labute approximate surface area is 120 Å². The van der Waals surface area contributed by atoms with Gasteiger partial charge in [-0.05, 0) is 38.0 Å². The largest absolute Gasteiger partial charge is 0.381 e. The van der Waals surface area contributed by atoms with Gasteiger partial charge >= 0.3 is 0 Å². The van der Waals surface area contributed by atoms with Crippen molar-refractivity contribution in [2.75, 3.05) is 32.8 Å². The van der Waals surface area contributed by atoms with Gasteiger partial charge in [-0.1, -0.05) is 0 Å². The quantitative estimate of drug-likeness (QED) is 0.776. The molecule has 3 heterocycles. The highest BCUT2D eigenvalue weighted by atomic mass is 16.5. The number of nitrogens with zero attached hydrogens (tertiary/aromatic N) is 2. The fourth-order valence-electron chi connectivity index (χ4n) is 3.55. The maximum absolute atomic E-state index is 12.6. The summed E-state index contributed by atoms with van der Waals surface area (Å²) >= 11 is 0. The van der Waals surface area contributed by atoms with Gasteiger partial charge in [0.1, 0.15) is 6.04 Å². The van der Waals surface area contributed by atoms with Gasteiger partial charge in [0.25, 0.3) is 0 Å². The van der Waals surface area contributed by atoms with E-state index in [0.29, 0.717) is 18.9 Å². The molecule has 3 rings (SSSR count). The first-order chi connectivity index (χ1) is 9.75. The first kappa shape index (κ1) is 13.9. The van der Waals surface area contributed by atoms with Crippen LogP contribution in [0.4, 0.5) is 0 Å². The van der Waals surface area contributed by atoms with E-state index in [4.69, 9.17) is 4.74 Å². The van der Waals surface area contributed by atoms with Crippen molar-refractivity contribution in [3.05, 3.63) is 0 Å². The highest BCUT2D eigenvalue weighted by molar-refractivity contribution is 5.90. The summed E-state index contributed by atoms with van der Waals surface area (Å²) in [6, 6.07) is -0.182. The number of amides is 2. The summed E-state index contributed by atoms with van der Waals surface area (Å²) in [6.45, 7) is 3.83. The summed E-state index contributed by atoms with van der Waals surface area (Å²) in [4.78, 5) is 28.5. The molecule has 3 aliphatic heterocycles. The topological polar surface area (TPSA) is 49.9 Å². The molecule has 5 nitrogen and oxygen atoms in total. The fourth-order valence-corrected chi connectivity index (χ4v) is 3.55. The zero-order chi connectivity index (χ0) is 13.9. The molecule has 0 aromatic carbocycles. The summed E-state index contributed by atoms with van der Waals surface area (Å²) in [5, 5.41) is 0. The van der Waals surface area contributed by atoms with Gasteiger partial charge in [-0.2, -0.15) is 0 Å². The van der Waals surface area contributed by atoms with Gasteiger partial charge in [0.2, 0.25) is 11.8 Å². The molecule has 0 aromatic rings. The minimum Gasteiger partial charge on any atom is -0.381 e. The number of piperidine rings is 1. The Morgan fingerprint density at radius 1 is 1.15 bits per heavy atom. The van der Waals surface area contributed by atoms with Crippen LogP contribution in [0.3, 0.4) is 0 Å². The van der Waals surface area contributed by atoms with Gasteiger partial charge < -0.3 is 14.5 Å². The Kier molecular flexibility index (Phi) is 4.24. The van der Waals surface area contributed by atoms with E-state index in [1.807, 2.05) is 9.80 Å². The van der Waals surface area contributed by atoms with Gasteiger partial charge in [0.05, 0.1) is 0 Å². The Morgan fingerprint density at radius 2 is 2.05 bits per heavy atom. The Morgan fingerprint density at radius 3 is 2.85 bits per heavy atom. The predicted molar refractivity (Wildman–Crippen MR) is 74.1 cm³/mol. The molecule has 0 aliphatic carbocycles. The van der Waals surface area contributed by atoms with E-state index in [2.05, 4.69) is 0 Å². The minimum absolute atomic E-state index is 0.162. The normalized spacial score (nSPS) is 31.4. The zero-order valence-electron chi connectivity index (χ0n) is 12.1. The number of hydrogen-bond donors (Lipinski definition) is 0. The molecule has 2 amide bonds. The molecule has 112 valence electrons. The van der Waals surface area contributed by atoms with Crippen molar-refractivity contribution in [1.29, 1.82) is 0 Å². The van der Waals surface area contributed by atoms with Crippen LogP contribution in [0.2, 0.25) is 0 Å². The lowest BCUT2D eigenvalue weighted by molar-refractivity contribution is -0.143. The monoisotopic (exact) mass is 280 g/mol. The molecular weight excluding hydrogens is 256 g/mol. The average molecular weight is 280 g/mol. The standard InChI is InChI=1S/C15H24N2O3/c18-14-5-9-16(8-4-12-6-10-20-11-12)15(19)13-3-1-2-7-17(13)14/h12-13H,1-11H2. The number of carbonyl (C=O) groups excluding carboxylic acids is 2. The third-order valence-electron chi connectivity index (χ3n) is 4.85. The molecule has 2 unspecified atom stereocenters. The molecular formula is C15H24N2O3. The number of fused-ring (bicyclic) bond motifs is 1. The number of carbonyl (C=O) groups is 2. The van der Waals surface area contributed by atoms with Crippen LogP contribution < -0.4 is 0 Å². The molecule has 0 aromatic heterocycles. The number of rotatable bonds is 3. The molecule has 0 radical (unpaired) electrons. The van der Waals surface area contributed by atoms with Gasteiger partial charge in [0, 0.05) is 39.3 Å². The third-order valence-corrected chi connectivity index (χ3v) is 4.85. The van der Waals surface area contributed by atoms with E-state index in [0.717, 1.165) is 58.4 Å². The van der Waals surface area contributed by atoms with Crippen molar-refractivity contribution in [2.45, 2.75) is 44.6 Å². The lowest BCUT2D eigenvalue weighted by Gasteiger charge is -2.34. The van der Waals surface area contributed by atoms with E-state index >= 15 is 0 Å². The second-order valence-electron chi connectivity index (χ2n) is 6.19. The van der Waals surface area contributed by atoms with Crippen LogP contribution in [0.15, 0.2) is 0 Å². The lowest BCUT2D eigenvalue weighted by atomic mass is 10.0. The van der Waals surface area contributed by atoms with Crippen LogP contribution in [0, 0.1) is 5.92 Å². The fraction of sp³-hybridized carbons (Fsp3) is 0.867. The van der Waals surface area contributed by atoms with E-state index in [9.17, 15) is 9.59 Å². The minimum atomic E-state index is -0.182. The van der Waals surface area contributed by atoms with Crippen LogP contribution >= 0.6 is 0 Å². The summed E-state index contributed by atoms with van der Waals surface area (Å²) in [5.74, 6) is 0.924. The maximum atomic E-state index is 12.6. The molecule has 2 atom stereocenters. The van der Waals surface area contributed by atoms with Crippen molar-refractivity contribution in [3.8, 4) is 0 Å². The van der Waals surface area contributed by atoms with Crippen LogP contribution in [-0.2, 0) is 14.3 Å². The molecule has 0 saturated carbocycles. The Bertz CT molecular complexity index is 379. The highest BCUT2D eigenvalue weighted by Gasteiger charge is 2.37. The van der Waals surface area contributed by atoms with Gasteiger partial charge in [0.15, 0.2) is 0 Å². The Hall–Kier alpha value is -1.10. The first-order valence-corrected chi connectivity index (χ1v) is 7.91. The number of hydrogen-bond acceptors (Lipinski definition) is 3. The van der Waals surface area contributed by atoms with E-state index in [1.54, 1.807) is 0 Å². The summed E-state index contributed by atoms with van der Waals surface area (Å²) in [5.41, 5.74) is 0. The molecule has 3 saturated heterocycles. The van der Waals surface area contributed by atoms with Crippen molar-refractivity contribution in [1.82, 2.24) is 9.80 Å². The second-order valence-corrected chi connectivity index (χ2v) is 6.19.